The minimum Gasteiger partial charge on any atom is -0.494 e. The lowest BCUT2D eigenvalue weighted by Gasteiger charge is -2.08. The van der Waals surface area contributed by atoms with Crippen LogP contribution in [-0.4, -0.2) is 37.6 Å². The Balaban J connectivity index is 1.72. The molecule has 0 aliphatic carbocycles. The molecule has 0 aliphatic heterocycles. The van der Waals surface area contributed by atoms with E-state index < -0.39 is 10.8 Å². The number of nitro benzene ring substituents is 1. The number of halogens is 1. The Kier molecular flexibility index (Phi) is 5.80. The topological polar surface area (TPSA) is 125 Å². The third-order valence-corrected chi connectivity index (χ3v) is 4.06. The molecule has 3 rings (SSSR count). The molecule has 10 nitrogen and oxygen atoms in total. The Hall–Kier alpha value is -3.53. The van der Waals surface area contributed by atoms with E-state index in [1.165, 1.54) is 16.8 Å². The fourth-order valence-corrected chi connectivity index (χ4v) is 2.61. The van der Waals surface area contributed by atoms with Gasteiger partial charge in [-0.15, -0.1) is 5.10 Å². The molecular weight excluding hydrogens is 388 g/mol. The van der Waals surface area contributed by atoms with E-state index in [9.17, 15) is 14.9 Å². The van der Waals surface area contributed by atoms with Crippen LogP contribution in [0.4, 0.5) is 5.69 Å². The van der Waals surface area contributed by atoms with Crippen LogP contribution in [0.1, 0.15) is 23.1 Å². The van der Waals surface area contributed by atoms with Gasteiger partial charge in [-0.05, 0) is 53.7 Å². The molecule has 144 valence electrons. The van der Waals surface area contributed by atoms with Crippen LogP contribution in [0, 0.1) is 10.1 Å². The molecular formula is C17H15ClN6O4. The first-order valence-corrected chi connectivity index (χ1v) is 8.60. The van der Waals surface area contributed by atoms with Gasteiger partial charge in [0.1, 0.15) is 10.8 Å². The second-order valence-electron chi connectivity index (χ2n) is 5.54. The molecule has 1 aromatic heterocycles. The van der Waals surface area contributed by atoms with Crippen molar-refractivity contribution in [2.75, 3.05) is 6.61 Å². The lowest BCUT2D eigenvalue weighted by Crippen LogP contribution is -2.24. The molecule has 1 heterocycles. The highest BCUT2D eigenvalue weighted by atomic mass is 35.5. The number of ether oxygens (including phenoxy) is 1. The Morgan fingerprint density at radius 2 is 2.04 bits per heavy atom. The number of nitrogens with one attached hydrogen (secondary N) is 1. The van der Waals surface area contributed by atoms with Crippen molar-refractivity contribution in [2.24, 2.45) is 0 Å². The van der Waals surface area contributed by atoms with Gasteiger partial charge in [-0.3, -0.25) is 14.9 Å². The average molecular weight is 403 g/mol. The fourth-order valence-electron chi connectivity index (χ4n) is 2.42. The number of amides is 1. The summed E-state index contributed by atoms with van der Waals surface area (Å²) in [6, 6.07) is 11.0. The highest BCUT2D eigenvalue weighted by Gasteiger charge is 2.17. The van der Waals surface area contributed by atoms with E-state index in [4.69, 9.17) is 16.3 Å². The Bertz CT molecular complexity index is 1010. The van der Waals surface area contributed by atoms with Gasteiger partial charge in [-0.1, -0.05) is 11.6 Å². The van der Waals surface area contributed by atoms with Crippen LogP contribution in [0.5, 0.6) is 5.75 Å². The van der Waals surface area contributed by atoms with Gasteiger partial charge in [0.2, 0.25) is 0 Å². The van der Waals surface area contributed by atoms with Crippen molar-refractivity contribution in [1.82, 2.24) is 25.5 Å². The maximum atomic E-state index is 12.3. The van der Waals surface area contributed by atoms with E-state index in [1.807, 2.05) is 6.92 Å². The number of carbonyl (C=O) groups is 1. The molecule has 0 atom stereocenters. The van der Waals surface area contributed by atoms with Gasteiger partial charge in [0.15, 0.2) is 5.82 Å². The molecule has 0 aliphatic rings. The average Bonchev–Trinajstić information content (AvgIpc) is 3.15. The molecule has 0 bridgehead atoms. The van der Waals surface area contributed by atoms with Crippen LogP contribution < -0.4 is 10.1 Å². The number of tetrazole rings is 1. The summed E-state index contributed by atoms with van der Waals surface area (Å²) < 4.78 is 6.87. The number of nitro groups is 1. The molecule has 3 aromatic rings. The summed E-state index contributed by atoms with van der Waals surface area (Å²) in [5, 5.41) is 25.0. The van der Waals surface area contributed by atoms with Crippen molar-refractivity contribution >= 4 is 23.2 Å². The number of hydrogen-bond acceptors (Lipinski definition) is 7. The standard InChI is InChI=1S/C17H15ClN6O4/c1-2-28-13-6-4-12(5-7-13)23-16(20-21-22-23)10-19-17(25)11-3-8-14(18)15(9-11)24(26)27/h3-9H,2,10H2,1H3,(H,19,25). The number of carbonyl (C=O) groups excluding carboxylic acids is 1. The first-order chi connectivity index (χ1) is 13.5. The Morgan fingerprint density at radius 1 is 1.29 bits per heavy atom. The van der Waals surface area contributed by atoms with E-state index in [-0.39, 0.29) is 22.8 Å². The molecule has 0 saturated heterocycles. The van der Waals surface area contributed by atoms with Crippen LogP contribution in [0.3, 0.4) is 0 Å². The second-order valence-corrected chi connectivity index (χ2v) is 5.95. The largest absolute Gasteiger partial charge is 0.494 e. The monoisotopic (exact) mass is 402 g/mol. The maximum absolute atomic E-state index is 12.3. The SMILES string of the molecule is CCOc1ccc(-n2nnnc2CNC(=O)c2ccc(Cl)c([N+](=O)[O-])c2)cc1. The summed E-state index contributed by atoms with van der Waals surface area (Å²) in [6.45, 7) is 2.48. The molecule has 1 amide bonds. The summed E-state index contributed by atoms with van der Waals surface area (Å²) >= 11 is 5.76. The van der Waals surface area contributed by atoms with Gasteiger partial charge in [-0.2, -0.15) is 4.68 Å². The molecule has 0 fully saturated rings. The summed E-state index contributed by atoms with van der Waals surface area (Å²) in [6.07, 6.45) is 0. The van der Waals surface area contributed by atoms with Gasteiger partial charge in [0.25, 0.3) is 11.6 Å². The quantitative estimate of drug-likeness (QED) is 0.475. The molecule has 28 heavy (non-hydrogen) atoms. The summed E-state index contributed by atoms with van der Waals surface area (Å²) in [5.41, 5.74) is 0.463. The first-order valence-electron chi connectivity index (χ1n) is 8.22. The van der Waals surface area contributed by atoms with Crippen molar-refractivity contribution in [2.45, 2.75) is 13.5 Å². The maximum Gasteiger partial charge on any atom is 0.288 e. The highest BCUT2D eigenvalue weighted by molar-refractivity contribution is 6.32. The van der Waals surface area contributed by atoms with E-state index >= 15 is 0 Å². The van der Waals surface area contributed by atoms with Gasteiger partial charge >= 0.3 is 0 Å². The van der Waals surface area contributed by atoms with Gasteiger partial charge in [0, 0.05) is 11.6 Å². The van der Waals surface area contributed by atoms with Crippen LogP contribution in [0.25, 0.3) is 5.69 Å². The third kappa shape index (κ3) is 4.23. The van der Waals surface area contributed by atoms with E-state index in [0.29, 0.717) is 18.1 Å². The van der Waals surface area contributed by atoms with Crippen molar-refractivity contribution in [3.05, 3.63) is 69.0 Å². The molecule has 1 N–H and O–H groups in total. The van der Waals surface area contributed by atoms with Gasteiger partial charge in [0.05, 0.1) is 23.8 Å². The van der Waals surface area contributed by atoms with E-state index in [1.54, 1.807) is 24.3 Å². The Labute approximate surface area is 164 Å². The molecule has 0 radical (unpaired) electrons. The zero-order chi connectivity index (χ0) is 20.1. The van der Waals surface area contributed by atoms with E-state index in [2.05, 4.69) is 20.8 Å². The smallest absolute Gasteiger partial charge is 0.288 e. The van der Waals surface area contributed by atoms with Crippen molar-refractivity contribution in [3.63, 3.8) is 0 Å². The highest BCUT2D eigenvalue weighted by Crippen LogP contribution is 2.25. The van der Waals surface area contributed by atoms with Crippen molar-refractivity contribution in [1.29, 1.82) is 0 Å². The minimum absolute atomic E-state index is 0.0233. The zero-order valence-corrected chi connectivity index (χ0v) is 15.5. The van der Waals surface area contributed by atoms with Gasteiger partial charge < -0.3 is 10.1 Å². The van der Waals surface area contributed by atoms with Crippen molar-refractivity contribution < 1.29 is 14.5 Å². The number of nitrogens with zero attached hydrogens (tertiary/aromatic N) is 5. The normalized spacial score (nSPS) is 10.5. The molecule has 11 heteroatoms. The predicted molar refractivity (Wildman–Crippen MR) is 99.6 cm³/mol. The minimum atomic E-state index is -0.647. The summed E-state index contributed by atoms with van der Waals surface area (Å²) in [7, 11) is 0. The number of rotatable bonds is 7. The first kappa shape index (κ1) is 19.2. The second kappa shape index (κ2) is 8.44. The summed E-state index contributed by atoms with van der Waals surface area (Å²) in [5.74, 6) is 0.598. The summed E-state index contributed by atoms with van der Waals surface area (Å²) in [4.78, 5) is 22.6. The molecule has 0 saturated carbocycles. The van der Waals surface area contributed by atoms with Gasteiger partial charge in [-0.25, -0.2) is 0 Å². The van der Waals surface area contributed by atoms with Crippen LogP contribution in [-0.2, 0) is 6.54 Å². The number of benzene rings is 2. The molecule has 0 unspecified atom stereocenters. The zero-order valence-electron chi connectivity index (χ0n) is 14.7. The van der Waals surface area contributed by atoms with E-state index in [0.717, 1.165) is 11.8 Å². The molecule has 2 aromatic carbocycles. The fraction of sp³-hybridized carbons (Fsp3) is 0.176. The number of aromatic nitrogens is 4. The van der Waals surface area contributed by atoms with Crippen LogP contribution >= 0.6 is 11.6 Å². The lowest BCUT2D eigenvalue weighted by molar-refractivity contribution is -0.384. The van der Waals surface area contributed by atoms with Crippen LogP contribution in [0.2, 0.25) is 5.02 Å². The number of hydrogen-bond donors (Lipinski definition) is 1. The molecule has 0 spiro atoms. The van der Waals surface area contributed by atoms with Crippen LogP contribution in [0.15, 0.2) is 42.5 Å². The Morgan fingerprint density at radius 3 is 2.71 bits per heavy atom. The predicted octanol–water partition coefficient (Wildman–Crippen LogP) is 2.55. The third-order valence-electron chi connectivity index (χ3n) is 3.74. The lowest BCUT2D eigenvalue weighted by atomic mass is 10.2. The van der Waals surface area contributed by atoms with Crippen molar-refractivity contribution in [3.8, 4) is 11.4 Å².